The largest absolute Gasteiger partial charge is 0.479 e. The predicted octanol–water partition coefficient (Wildman–Crippen LogP) is 2.11. The van der Waals surface area contributed by atoms with Gasteiger partial charge in [0.15, 0.2) is 0 Å². The Balaban J connectivity index is 1.94. The number of sulfonamides is 1. The molecule has 2 unspecified atom stereocenters. The summed E-state index contributed by atoms with van der Waals surface area (Å²) < 4.78 is 30.2. The van der Waals surface area contributed by atoms with E-state index < -0.39 is 63.5 Å². The SMILES string of the molecule is CCCCC/C=C\C1C[C@]1(NC(=O)[C@@H]1CCCN1C(=O)CNC(=O)OC(CN(C)S(C)(=O)=O)C(C)(C)C)C(=O)O. The average molecular weight is 587 g/mol. The Labute approximate surface area is 237 Å². The molecular formula is C27H46N4O8S. The van der Waals surface area contributed by atoms with E-state index in [4.69, 9.17) is 4.74 Å². The summed E-state index contributed by atoms with van der Waals surface area (Å²) in [6, 6.07) is -0.831. The zero-order valence-corrected chi connectivity index (χ0v) is 25.4. The minimum atomic E-state index is -3.49. The number of amides is 3. The van der Waals surface area contributed by atoms with Crippen LogP contribution < -0.4 is 10.6 Å². The van der Waals surface area contributed by atoms with Gasteiger partial charge in [0.2, 0.25) is 21.8 Å². The summed E-state index contributed by atoms with van der Waals surface area (Å²) in [4.78, 5) is 51.9. The Morgan fingerprint density at radius 1 is 1.23 bits per heavy atom. The topological polar surface area (TPSA) is 162 Å². The lowest BCUT2D eigenvalue weighted by Gasteiger charge is -2.32. The van der Waals surface area contributed by atoms with Crippen molar-refractivity contribution in [3.8, 4) is 0 Å². The molecule has 1 aliphatic carbocycles. The number of allylic oxidation sites excluding steroid dienone is 1. The van der Waals surface area contributed by atoms with Gasteiger partial charge in [-0.05, 0) is 32.1 Å². The van der Waals surface area contributed by atoms with E-state index in [1.807, 2.05) is 12.2 Å². The van der Waals surface area contributed by atoms with Crippen molar-refractivity contribution < 1.29 is 37.4 Å². The highest BCUT2D eigenvalue weighted by molar-refractivity contribution is 7.88. The second-order valence-corrected chi connectivity index (χ2v) is 14.0. The van der Waals surface area contributed by atoms with Crippen molar-refractivity contribution in [3.63, 3.8) is 0 Å². The van der Waals surface area contributed by atoms with Gasteiger partial charge in [0.1, 0.15) is 24.2 Å². The van der Waals surface area contributed by atoms with E-state index in [9.17, 15) is 32.7 Å². The highest BCUT2D eigenvalue weighted by atomic mass is 32.2. The third kappa shape index (κ3) is 9.18. The Kier molecular flexibility index (Phi) is 11.6. The number of hydrogen-bond acceptors (Lipinski definition) is 7. The molecule has 3 amide bonds. The molecule has 1 aliphatic heterocycles. The molecule has 1 saturated carbocycles. The summed E-state index contributed by atoms with van der Waals surface area (Å²) in [6.07, 6.45) is 8.56. The molecule has 4 atom stereocenters. The van der Waals surface area contributed by atoms with Gasteiger partial charge in [-0.1, -0.05) is 52.7 Å². The van der Waals surface area contributed by atoms with E-state index in [2.05, 4.69) is 17.6 Å². The summed E-state index contributed by atoms with van der Waals surface area (Å²) in [5.41, 5.74) is -1.94. The zero-order chi connectivity index (χ0) is 30.3. The highest BCUT2D eigenvalue weighted by Crippen LogP contribution is 2.45. The van der Waals surface area contributed by atoms with Crippen LogP contribution >= 0.6 is 0 Å². The van der Waals surface area contributed by atoms with Crippen LogP contribution in [-0.2, 0) is 29.1 Å². The van der Waals surface area contributed by atoms with Crippen LogP contribution in [0.15, 0.2) is 12.2 Å². The van der Waals surface area contributed by atoms with E-state index in [0.29, 0.717) is 25.8 Å². The molecule has 40 heavy (non-hydrogen) atoms. The number of carbonyl (C=O) groups is 4. The van der Waals surface area contributed by atoms with E-state index >= 15 is 0 Å². The summed E-state index contributed by atoms with van der Waals surface area (Å²) in [5.74, 6) is -2.41. The second kappa shape index (κ2) is 13.8. The third-order valence-corrected chi connectivity index (χ3v) is 8.83. The summed E-state index contributed by atoms with van der Waals surface area (Å²) in [6.45, 7) is 7.34. The monoisotopic (exact) mass is 586 g/mol. The van der Waals surface area contributed by atoms with E-state index in [1.54, 1.807) is 20.8 Å². The van der Waals surface area contributed by atoms with Crippen molar-refractivity contribution in [2.24, 2.45) is 11.3 Å². The van der Waals surface area contributed by atoms with Gasteiger partial charge in [-0.3, -0.25) is 9.59 Å². The first-order chi connectivity index (χ1) is 18.5. The maximum atomic E-state index is 13.1. The van der Waals surface area contributed by atoms with Crippen molar-refractivity contribution in [2.75, 3.05) is 32.9 Å². The molecule has 12 nitrogen and oxygen atoms in total. The fourth-order valence-corrected chi connectivity index (χ4v) is 5.06. The molecule has 0 spiro atoms. The smallest absolute Gasteiger partial charge is 0.407 e. The average Bonchev–Trinajstić information content (AvgIpc) is 3.31. The molecule has 0 aromatic heterocycles. The lowest BCUT2D eigenvalue weighted by molar-refractivity contribution is -0.145. The van der Waals surface area contributed by atoms with Crippen LogP contribution in [0.2, 0.25) is 0 Å². The van der Waals surface area contributed by atoms with Crippen LogP contribution in [0.1, 0.15) is 72.6 Å². The highest BCUT2D eigenvalue weighted by Gasteiger charge is 2.61. The molecule has 3 N–H and O–H groups in total. The molecule has 13 heteroatoms. The van der Waals surface area contributed by atoms with Gasteiger partial charge in [0, 0.05) is 24.9 Å². The Hall–Kier alpha value is -2.67. The van der Waals surface area contributed by atoms with Gasteiger partial charge in [-0.2, -0.15) is 0 Å². The Morgan fingerprint density at radius 3 is 2.48 bits per heavy atom. The van der Waals surface area contributed by atoms with Gasteiger partial charge in [-0.15, -0.1) is 0 Å². The summed E-state index contributed by atoms with van der Waals surface area (Å²) in [5, 5.41) is 14.9. The van der Waals surface area contributed by atoms with Crippen LogP contribution in [0.25, 0.3) is 0 Å². The number of rotatable bonds is 14. The molecule has 0 aromatic carbocycles. The Morgan fingerprint density at radius 2 is 1.90 bits per heavy atom. The number of likely N-dealkylation sites (tertiary alicyclic amines) is 1. The Bertz CT molecular complexity index is 1070. The van der Waals surface area contributed by atoms with Crippen molar-refractivity contribution in [1.29, 1.82) is 0 Å². The van der Waals surface area contributed by atoms with Crippen molar-refractivity contribution >= 4 is 33.9 Å². The number of nitrogens with one attached hydrogen (secondary N) is 2. The van der Waals surface area contributed by atoms with Crippen LogP contribution in [0.5, 0.6) is 0 Å². The number of carboxylic acids is 1. The van der Waals surface area contributed by atoms with Crippen LogP contribution in [0, 0.1) is 11.3 Å². The predicted molar refractivity (Wildman–Crippen MR) is 150 cm³/mol. The number of ether oxygens (including phenoxy) is 1. The third-order valence-electron chi connectivity index (χ3n) is 7.55. The molecule has 2 rings (SSSR count). The number of unbranched alkanes of at least 4 members (excludes halogenated alkanes) is 3. The molecule has 228 valence electrons. The molecule has 2 fully saturated rings. The number of carbonyl (C=O) groups excluding carboxylic acids is 3. The molecule has 0 bridgehead atoms. The first kappa shape index (κ1) is 33.5. The van der Waals surface area contributed by atoms with Gasteiger partial charge in [0.05, 0.1) is 12.8 Å². The fraction of sp³-hybridized carbons (Fsp3) is 0.778. The maximum absolute atomic E-state index is 13.1. The lowest BCUT2D eigenvalue weighted by Crippen LogP contribution is -2.54. The minimum absolute atomic E-state index is 0.0572. The van der Waals surface area contributed by atoms with Crippen molar-refractivity contribution in [2.45, 2.75) is 90.3 Å². The molecule has 1 saturated heterocycles. The van der Waals surface area contributed by atoms with E-state index in [0.717, 1.165) is 36.2 Å². The number of nitrogens with zero attached hydrogens (tertiary/aromatic N) is 2. The van der Waals surface area contributed by atoms with Crippen molar-refractivity contribution in [1.82, 2.24) is 19.8 Å². The summed E-state index contributed by atoms with van der Waals surface area (Å²) >= 11 is 0. The number of carboxylic acid groups (broad SMARTS) is 1. The summed E-state index contributed by atoms with van der Waals surface area (Å²) in [7, 11) is -2.10. The number of likely N-dealkylation sites (N-methyl/N-ethyl adjacent to an activating group) is 1. The van der Waals surface area contributed by atoms with Gasteiger partial charge >= 0.3 is 12.1 Å². The first-order valence-corrected chi connectivity index (χ1v) is 15.7. The van der Waals surface area contributed by atoms with Gasteiger partial charge < -0.3 is 25.4 Å². The molecule has 0 radical (unpaired) electrons. The van der Waals surface area contributed by atoms with E-state index in [-0.39, 0.29) is 12.5 Å². The number of aliphatic carboxylic acids is 1. The van der Waals surface area contributed by atoms with Gasteiger partial charge in [-0.25, -0.2) is 22.3 Å². The quantitative estimate of drug-likeness (QED) is 0.206. The number of alkyl carbamates (subject to hydrolysis) is 1. The zero-order valence-electron chi connectivity index (χ0n) is 24.6. The molecule has 1 heterocycles. The minimum Gasteiger partial charge on any atom is -0.479 e. The van der Waals surface area contributed by atoms with Crippen molar-refractivity contribution in [3.05, 3.63) is 12.2 Å². The lowest BCUT2D eigenvalue weighted by atomic mass is 9.89. The standard InChI is InChI=1S/C27H46N4O8S/c1-7-8-9-10-11-13-19-16-27(19,24(34)35)29-23(33)20-14-12-15-31(20)22(32)17-28-25(36)39-21(26(2,3)4)18-30(5)40(6,37)38/h11,13,19-21H,7-10,12,14-18H2,1-6H3,(H,28,36)(H,29,33)(H,34,35)/b13-11-/t19?,20-,21?,27+/m0/s1. The normalized spacial score (nSPS) is 23.7. The van der Waals surface area contributed by atoms with Crippen LogP contribution in [0.3, 0.4) is 0 Å². The fourth-order valence-electron chi connectivity index (χ4n) is 4.65. The maximum Gasteiger partial charge on any atom is 0.407 e. The van der Waals surface area contributed by atoms with Crippen LogP contribution in [0.4, 0.5) is 4.79 Å². The number of hydrogen-bond donors (Lipinski definition) is 3. The molecule has 2 aliphatic rings. The van der Waals surface area contributed by atoms with Crippen LogP contribution in [-0.4, -0.2) is 97.2 Å². The molecule has 0 aromatic rings. The van der Waals surface area contributed by atoms with Gasteiger partial charge in [0.25, 0.3) is 0 Å². The van der Waals surface area contributed by atoms with E-state index in [1.165, 1.54) is 11.9 Å². The first-order valence-electron chi connectivity index (χ1n) is 13.9. The molecular weight excluding hydrogens is 540 g/mol. The second-order valence-electron chi connectivity index (χ2n) is 11.9.